The minimum Gasteiger partial charge on any atom is -0.316 e. The third kappa shape index (κ3) is 1.08. The smallest absolute Gasteiger partial charge is 0.141 e. The monoisotopic (exact) mass is 161 g/mol. The molecule has 1 N–H and O–H groups in total. The Bertz CT molecular complexity index is 378. The molecule has 2 aromatic rings. The van der Waals surface area contributed by atoms with Gasteiger partial charge in [0, 0.05) is 30.7 Å². The van der Waals surface area contributed by atoms with Crippen molar-refractivity contribution in [1.29, 1.82) is 0 Å². The molecule has 2 rings (SSSR count). The van der Waals surface area contributed by atoms with Gasteiger partial charge in [0.2, 0.25) is 0 Å². The Hall–Kier alpha value is -1.35. The standard InChI is InChI=1S/C9H11N3/c1-10-7-8-3-2-5-12-6-4-11-9(8)12/h2-6,10H,7H2,1H3. The van der Waals surface area contributed by atoms with E-state index >= 15 is 0 Å². The normalized spacial score (nSPS) is 10.8. The molecule has 0 aliphatic rings. The molecule has 0 fully saturated rings. The zero-order valence-electron chi connectivity index (χ0n) is 6.99. The Balaban J connectivity index is 2.57. The highest BCUT2D eigenvalue weighted by Crippen LogP contribution is 2.07. The van der Waals surface area contributed by atoms with Gasteiger partial charge in [-0.2, -0.15) is 0 Å². The highest BCUT2D eigenvalue weighted by molar-refractivity contribution is 5.47. The van der Waals surface area contributed by atoms with Crippen LogP contribution in [0.1, 0.15) is 5.56 Å². The van der Waals surface area contributed by atoms with Crippen LogP contribution in [0.25, 0.3) is 5.65 Å². The molecule has 0 atom stereocenters. The fourth-order valence-electron chi connectivity index (χ4n) is 1.34. The van der Waals surface area contributed by atoms with Crippen molar-refractivity contribution >= 4 is 5.65 Å². The lowest BCUT2D eigenvalue weighted by atomic mass is 10.3. The van der Waals surface area contributed by atoms with Crippen LogP contribution in [0.5, 0.6) is 0 Å². The van der Waals surface area contributed by atoms with Gasteiger partial charge in [-0.1, -0.05) is 6.07 Å². The van der Waals surface area contributed by atoms with E-state index < -0.39 is 0 Å². The number of aromatic nitrogens is 2. The molecule has 0 radical (unpaired) electrons. The van der Waals surface area contributed by atoms with Crippen molar-refractivity contribution in [3.05, 3.63) is 36.3 Å². The molecule has 0 saturated carbocycles. The van der Waals surface area contributed by atoms with Gasteiger partial charge >= 0.3 is 0 Å². The molecule has 0 amide bonds. The molecule has 0 saturated heterocycles. The number of pyridine rings is 1. The lowest BCUT2D eigenvalue weighted by Crippen LogP contribution is -2.06. The molecule has 0 unspecified atom stereocenters. The molecule has 12 heavy (non-hydrogen) atoms. The first-order chi connectivity index (χ1) is 5.92. The minimum atomic E-state index is 0.862. The largest absolute Gasteiger partial charge is 0.316 e. The molecule has 2 heterocycles. The fraction of sp³-hybridized carbons (Fsp3) is 0.222. The second-order valence-corrected chi connectivity index (χ2v) is 2.72. The van der Waals surface area contributed by atoms with Gasteiger partial charge in [0.15, 0.2) is 0 Å². The Labute approximate surface area is 71.0 Å². The Morgan fingerprint density at radius 1 is 1.50 bits per heavy atom. The molecule has 0 bridgehead atoms. The van der Waals surface area contributed by atoms with Gasteiger partial charge in [-0.3, -0.25) is 0 Å². The predicted molar refractivity (Wildman–Crippen MR) is 48.0 cm³/mol. The Kier molecular flexibility index (Phi) is 1.80. The summed E-state index contributed by atoms with van der Waals surface area (Å²) in [4.78, 5) is 4.26. The van der Waals surface area contributed by atoms with Crippen LogP contribution in [-0.4, -0.2) is 16.4 Å². The zero-order chi connectivity index (χ0) is 8.39. The van der Waals surface area contributed by atoms with Gasteiger partial charge in [0.05, 0.1) is 0 Å². The number of rotatable bonds is 2. The zero-order valence-corrected chi connectivity index (χ0v) is 6.99. The van der Waals surface area contributed by atoms with E-state index in [-0.39, 0.29) is 0 Å². The number of hydrogen-bond donors (Lipinski definition) is 1. The maximum atomic E-state index is 4.26. The first-order valence-corrected chi connectivity index (χ1v) is 3.97. The lowest BCUT2D eigenvalue weighted by molar-refractivity contribution is 0.816. The molecule has 0 aliphatic heterocycles. The first-order valence-electron chi connectivity index (χ1n) is 3.97. The molecule has 0 spiro atoms. The molecule has 3 nitrogen and oxygen atoms in total. The lowest BCUT2D eigenvalue weighted by Gasteiger charge is -2.01. The highest BCUT2D eigenvalue weighted by Gasteiger charge is 1.98. The van der Waals surface area contributed by atoms with Gasteiger partial charge in [-0.05, 0) is 13.1 Å². The molecular formula is C9H11N3. The number of nitrogens with one attached hydrogen (secondary N) is 1. The van der Waals surface area contributed by atoms with Gasteiger partial charge in [-0.25, -0.2) is 4.98 Å². The molecular weight excluding hydrogens is 150 g/mol. The number of hydrogen-bond acceptors (Lipinski definition) is 2. The summed E-state index contributed by atoms with van der Waals surface area (Å²) in [6.45, 7) is 0.862. The summed E-state index contributed by atoms with van der Waals surface area (Å²) in [5, 5.41) is 3.11. The van der Waals surface area contributed by atoms with Gasteiger partial charge < -0.3 is 9.72 Å². The predicted octanol–water partition coefficient (Wildman–Crippen LogP) is 1.05. The third-order valence-corrected chi connectivity index (χ3v) is 1.87. The van der Waals surface area contributed by atoms with Crippen molar-refractivity contribution in [2.24, 2.45) is 0 Å². The Morgan fingerprint density at radius 3 is 3.25 bits per heavy atom. The SMILES string of the molecule is CNCc1cccn2ccnc12. The van der Waals surface area contributed by atoms with E-state index in [9.17, 15) is 0 Å². The first kappa shape index (κ1) is 7.31. The fourth-order valence-corrected chi connectivity index (χ4v) is 1.34. The van der Waals surface area contributed by atoms with Crippen molar-refractivity contribution in [3.8, 4) is 0 Å². The second-order valence-electron chi connectivity index (χ2n) is 2.72. The van der Waals surface area contributed by atoms with E-state index in [0.717, 1.165) is 12.2 Å². The van der Waals surface area contributed by atoms with Crippen LogP contribution in [0.15, 0.2) is 30.7 Å². The molecule has 3 heteroatoms. The molecule has 2 aromatic heterocycles. The average molecular weight is 161 g/mol. The summed E-state index contributed by atoms with van der Waals surface area (Å²) < 4.78 is 2.02. The van der Waals surface area contributed by atoms with E-state index in [1.54, 1.807) is 0 Å². The maximum absolute atomic E-state index is 4.26. The quantitative estimate of drug-likeness (QED) is 0.713. The van der Waals surface area contributed by atoms with Crippen molar-refractivity contribution in [1.82, 2.24) is 14.7 Å². The average Bonchev–Trinajstić information content (AvgIpc) is 2.53. The van der Waals surface area contributed by atoms with Crippen molar-refractivity contribution in [2.45, 2.75) is 6.54 Å². The van der Waals surface area contributed by atoms with Gasteiger partial charge in [-0.15, -0.1) is 0 Å². The minimum absolute atomic E-state index is 0.862. The van der Waals surface area contributed by atoms with E-state index in [2.05, 4.69) is 16.4 Å². The van der Waals surface area contributed by atoms with Crippen molar-refractivity contribution in [3.63, 3.8) is 0 Å². The third-order valence-electron chi connectivity index (χ3n) is 1.87. The van der Waals surface area contributed by atoms with Crippen LogP contribution in [0.4, 0.5) is 0 Å². The topological polar surface area (TPSA) is 29.3 Å². The second kappa shape index (κ2) is 2.95. The van der Waals surface area contributed by atoms with E-state index in [1.165, 1.54) is 5.56 Å². The van der Waals surface area contributed by atoms with Gasteiger partial charge in [0.25, 0.3) is 0 Å². The molecule has 0 aromatic carbocycles. The number of fused-ring (bicyclic) bond motifs is 1. The molecule has 62 valence electrons. The van der Waals surface area contributed by atoms with Crippen molar-refractivity contribution in [2.75, 3.05) is 7.05 Å². The van der Waals surface area contributed by atoms with E-state index in [4.69, 9.17) is 0 Å². The summed E-state index contributed by atoms with van der Waals surface area (Å²) in [5.41, 5.74) is 2.26. The van der Waals surface area contributed by atoms with Crippen LogP contribution in [0.2, 0.25) is 0 Å². The van der Waals surface area contributed by atoms with Crippen LogP contribution in [0, 0.1) is 0 Å². The Morgan fingerprint density at radius 2 is 2.42 bits per heavy atom. The van der Waals surface area contributed by atoms with Crippen LogP contribution in [-0.2, 0) is 6.54 Å². The highest BCUT2D eigenvalue weighted by atomic mass is 15.0. The van der Waals surface area contributed by atoms with Crippen LogP contribution >= 0.6 is 0 Å². The maximum Gasteiger partial charge on any atom is 0.141 e. The number of imidazole rings is 1. The van der Waals surface area contributed by atoms with Crippen molar-refractivity contribution < 1.29 is 0 Å². The van der Waals surface area contributed by atoms with Crippen LogP contribution < -0.4 is 5.32 Å². The van der Waals surface area contributed by atoms with Crippen LogP contribution in [0.3, 0.4) is 0 Å². The van der Waals surface area contributed by atoms with Gasteiger partial charge in [0.1, 0.15) is 5.65 Å². The summed E-state index contributed by atoms with van der Waals surface area (Å²) in [6.07, 6.45) is 5.77. The molecule has 0 aliphatic carbocycles. The number of nitrogens with zero attached hydrogens (tertiary/aromatic N) is 2. The van der Waals surface area contributed by atoms with E-state index in [0.29, 0.717) is 0 Å². The summed E-state index contributed by atoms with van der Waals surface area (Å²) in [6, 6.07) is 4.11. The van der Waals surface area contributed by atoms with E-state index in [1.807, 2.05) is 36.1 Å². The summed E-state index contributed by atoms with van der Waals surface area (Å²) >= 11 is 0. The summed E-state index contributed by atoms with van der Waals surface area (Å²) in [7, 11) is 1.94. The summed E-state index contributed by atoms with van der Waals surface area (Å²) in [5.74, 6) is 0.